The van der Waals surface area contributed by atoms with E-state index in [1.165, 1.54) is 74.0 Å². The Morgan fingerprint density at radius 3 is 1.83 bits per heavy atom. The van der Waals surface area contributed by atoms with Crippen LogP contribution in [-0.4, -0.2) is 7.11 Å². The normalized spacial score (nSPS) is 16.1. The fraction of sp³-hybridized carbons (Fsp3) is 0.448. The summed E-state index contributed by atoms with van der Waals surface area (Å²) in [6.45, 7) is 15.5. The first-order chi connectivity index (χ1) is 14.2. The van der Waals surface area contributed by atoms with Crippen molar-refractivity contribution in [2.45, 2.75) is 80.1 Å². The van der Waals surface area contributed by atoms with Crippen LogP contribution < -0.4 is 0 Å². The van der Waals surface area contributed by atoms with Crippen LogP contribution in [0.15, 0.2) is 24.0 Å². The topological polar surface area (TPSA) is 9.23 Å². The second kappa shape index (κ2) is 9.13. The Kier molecular flexibility index (Phi) is 6.77. The minimum atomic E-state index is 0.641. The van der Waals surface area contributed by atoms with Crippen LogP contribution in [0.4, 0.5) is 0 Å². The molecule has 1 aliphatic carbocycles. The molecule has 0 atom stereocenters. The lowest BCUT2D eigenvalue weighted by Crippen LogP contribution is -2.10. The maximum atomic E-state index is 5.22. The Balaban J connectivity index is 1.96. The predicted molar refractivity (Wildman–Crippen MR) is 128 cm³/mol. The molecule has 0 amide bonds. The van der Waals surface area contributed by atoms with Crippen molar-refractivity contribution in [3.8, 4) is 11.8 Å². The molecule has 0 saturated heterocycles. The van der Waals surface area contributed by atoms with Crippen LogP contribution in [0.3, 0.4) is 0 Å². The van der Waals surface area contributed by atoms with Crippen molar-refractivity contribution in [1.82, 2.24) is 0 Å². The summed E-state index contributed by atoms with van der Waals surface area (Å²) in [7, 11) is 1.75. The van der Waals surface area contributed by atoms with Crippen molar-refractivity contribution in [2.24, 2.45) is 0 Å². The zero-order valence-electron chi connectivity index (χ0n) is 20.0. The molecule has 0 N–H and O–H groups in total. The van der Waals surface area contributed by atoms with E-state index in [2.05, 4.69) is 72.4 Å². The molecule has 1 nitrogen and oxygen atoms in total. The highest BCUT2D eigenvalue weighted by molar-refractivity contribution is 5.58. The molecule has 0 heterocycles. The Labute approximate surface area is 183 Å². The van der Waals surface area contributed by atoms with Gasteiger partial charge in [-0.15, -0.1) is 0 Å². The number of rotatable bonds is 2. The van der Waals surface area contributed by atoms with Crippen LogP contribution in [0, 0.1) is 60.3 Å². The molecule has 1 heteroatoms. The lowest BCUT2D eigenvalue weighted by Gasteiger charge is -2.27. The van der Waals surface area contributed by atoms with Crippen LogP contribution in [0.5, 0.6) is 0 Å². The van der Waals surface area contributed by atoms with Crippen molar-refractivity contribution in [3.63, 3.8) is 0 Å². The summed E-state index contributed by atoms with van der Waals surface area (Å²) in [5, 5.41) is 0. The molecule has 0 aromatic heterocycles. The minimum absolute atomic E-state index is 0.641. The summed E-state index contributed by atoms with van der Waals surface area (Å²) in [5.41, 5.74) is 14.7. The minimum Gasteiger partial charge on any atom is -0.504 e. The van der Waals surface area contributed by atoms with Gasteiger partial charge in [-0.05, 0) is 130 Å². The highest BCUT2D eigenvalue weighted by Crippen LogP contribution is 2.38. The molecule has 0 bridgehead atoms. The SMILES string of the molecule is COC=C1CCC(c2cc(C)c(C#Cc3c(C)cc(C)c(C)c3C)c(C)c2C)CC1. The predicted octanol–water partition coefficient (Wildman–Crippen LogP) is 7.43. The molecular formula is C29H36O. The van der Waals surface area contributed by atoms with E-state index < -0.39 is 0 Å². The van der Waals surface area contributed by atoms with E-state index in [1.54, 1.807) is 7.11 Å². The first kappa shape index (κ1) is 22.2. The van der Waals surface area contributed by atoms with Crippen LogP contribution in [0.2, 0.25) is 0 Å². The van der Waals surface area contributed by atoms with E-state index in [4.69, 9.17) is 4.74 Å². The van der Waals surface area contributed by atoms with Crippen LogP contribution in [0.1, 0.15) is 87.2 Å². The van der Waals surface area contributed by atoms with Crippen molar-refractivity contribution >= 4 is 0 Å². The number of benzene rings is 2. The quantitative estimate of drug-likeness (QED) is 0.376. The summed E-state index contributed by atoms with van der Waals surface area (Å²) in [6.07, 6.45) is 6.64. The third kappa shape index (κ3) is 4.34. The average molecular weight is 401 g/mol. The van der Waals surface area contributed by atoms with Gasteiger partial charge in [0.2, 0.25) is 0 Å². The monoisotopic (exact) mass is 400 g/mol. The summed E-state index contributed by atoms with van der Waals surface area (Å²) in [5.74, 6) is 7.71. The van der Waals surface area contributed by atoms with Gasteiger partial charge >= 0.3 is 0 Å². The fourth-order valence-electron chi connectivity index (χ4n) is 4.92. The first-order valence-electron chi connectivity index (χ1n) is 11.1. The largest absolute Gasteiger partial charge is 0.504 e. The highest BCUT2D eigenvalue weighted by Gasteiger charge is 2.22. The molecule has 1 fully saturated rings. The maximum absolute atomic E-state index is 5.22. The zero-order chi connectivity index (χ0) is 22.0. The highest BCUT2D eigenvalue weighted by atomic mass is 16.5. The molecule has 1 aliphatic rings. The molecule has 1 saturated carbocycles. The molecule has 0 radical (unpaired) electrons. The van der Waals surface area contributed by atoms with Crippen LogP contribution >= 0.6 is 0 Å². The molecule has 0 spiro atoms. The van der Waals surface area contributed by atoms with E-state index in [1.807, 2.05) is 6.26 Å². The van der Waals surface area contributed by atoms with E-state index >= 15 is 0 Å². The molecule has 3 rings (SSSR count). The summed E-state index contributed by atoms with van der Waals surface area (Å²) in [6, 6.07) is 4.66. The van der Waals surface area contributed by atoms with Gasteiger partial charge in [0.1, 0.15) is 0 Å². The Morgan fingerprint density at radius 1 is 0.733 bits per heavy atom. The lowest BCUT2D eigenvalue weighted by molar-refractivity contribution is 0.326. The molecule has 0 unspecified atom stereocenters. The number of hydrogen-bond acceptors (Lipinski definition) is 1. The average Bonchev–Trinajstić information content (AvgIpc) is 2.72. The number of hydrogen-bond donors (Lipinski definition) is 0. The summed E-state index contributed by atoms with van der Waals surface area (Å²) in [4.78, 5) is 0. The zero-order valence-corrected chi connectivity index (χ0v) is 20.0. The van der Waals surface area contributed by atoms with Crippen molar-refractivity contribution in [2.75, 3.05) is 7.11 Å². The molecule has 2 aromatic rings. The Bertz CT molecular complexity index is 1050. The van der Waals surface area contributed by atoms with Gasteiger partial charge in [-0.25, -0.2) is 0 Å². The number of allylic oxidation sites excluding steroid dienone is 1. The van der Waals surface area contributed by atoms with Gasteiger partial charge < -0.3 is 4.74 Å². The van der Waals surface area contributed by atoms with Crippen molar-refractivity contribution in [1.29, 1.82) is 0 Å². The van der Waals surface area contributed by atoms with E-state index in [0.717, 1.165) is 12.8 Å². The Morgan fingerprint density at radius 2 is 1.27 bits per heavy atom. The van der Waals surface area contributed by atoms with Crippen molar-refractivity contribution in [3.05, 3.63) is 79.6 Å². The van der Waals surface area contributed by atoms with Gasteiger partial charge in [-0.2, -0.15) is 0 Å². The summed E-state index contributed by atoms with van der Waals surface area (Å²) >= 11 is 0. The second-order valence-electron chi connectivity index (χ2n) is 9.08. The first-order valence-corrected chi connectivity index (χ1v) is 11.1. The number of ether oxygens (including phenoxy) is 1. The Hall–Kier alpha value is -2.46. The molecular weight excluding hydrogens is 364 g/mol. The van der Waals surface area contributed by atoms with Gasteiger partial charge in [0.25, 0.3) is 0 Å². The van der Waals surface area contributed by atoms with Gasteiger partial charge in [0, 0.05) is 11.1 Å². The molecule has 2 aromatic carbocycles. The third-order valence-corrected chi connectivity index (χ3v) is 7.16. The van der Waals surface area contributed by atoms with Crippen LogP contribution in [0.25, 0.3) is 0 Å². The molecule has 30 heavy (non-hydrogen) atoms. The summed E-state index contributed by atoms with van der Waals surface area (Å²) < 4.78 is 5.22. The van der Waals surface area contributed by atoms with Gasteiger partial charge in [-0.1, -0.05) is 24.0 Å². The van der Waals surface area contributed by atoms with Crippen LogP contribution in [-0.2, 0) is 4.74 Å². The molecule has 158 valence electrons. The van der Waals surface area contributed by atoms with Gasteiger partial charge in [0.15, 0.2) is 0 Å². The van der Waals surface area contributed by atoms with Crippen molar-refractivity contribution < 1.29 is 4.74 Å². The second-order valence-corrected chi connectivity index (χ2v) is 9.08. The third-order valence-electron chi connectivity index (χ3n) is 7.16. The van der Waals surface area contributed by atoms with Gasteiger partial charge in [0.05, 0.1) is 13.4 Å². The maximum Gasteiger partial charge on any atom is 0.0816 e. The standard InChI is InChI=1S/C29H36O/c1-18-15-19(2)27(22(5)21(18)4)13-14-28-20(3)16-29(24(7)23(28)6)26-11-9-25(10-12-26)17-30-8/h15-17,26H,9-12H2,1-8H3. The van der Waals surface area contributed by atoms with Gasteiger partial charge in [-0.3, -0.25) is 0 Å². The fourth-order valence-corrected chi connectivity index (χ4v) is 4.92. The smallest absolute Gasteiger partial charge is 0.0816 e. The number of aryl methyl sites for hydroxylation is 3. The van der Waals surface area contributed by atoms with E-state index in [-0.39, 0.29) is 0 Å². The lowest BCUT2D eigenvalue weighted by atomic mass is 9.78. The van der Waals surface area contributed by atoms with E-state index in [9.17, 15) is 0 Å². The number of methoxy groups -OCH3 is 1. The molecule has 0 aliphatic heterocycles. The van der Waals surface area contributed by atoms with E-state index in [0.29, 0.717) is 5.92 Å².